The summed E-state index contributed by atoms with van der Waals surface area (Å²) in [5.41, 5.74) is 1.79. The van der Waals surface area contributed by atoms with Crippen LogP contribution in [0.4, 0.5) is 0 Å². The summed E-state index contributed by atoms with van der Waals surface area (Å²) in [7, 11) is 1.51. The maximum atomic E-state index is 9.60. The molecule has 0 saturated carbocycles. The van der Waals surface area contributed by atoms with Crippen molar-refractivity contribution < 1.29 is 14.7 Å². The molecule has 2 rings (SSSR count). The van der Waals surface area contributed by atoms with E-state index < -0.39 is 0 Å². The first-order valence-electron chi connectivity index (χ1n) is 5.86. The monoisotopic (exact) mass is 257 g/mol. The molecule has 0 atom stereocenters. The zero-order chi connectivity index (χ0) is 13.5. The average molecular weight is 257 g/mol. The molecule has 0 spiro atoms. The Hall–Kier alpha value is -2.49. The second-order valence-electron chi connectivity index (χ2n) is 3.92. The van der Waals surface area contributed by atoms with Gasteiger partial charge in [0.2, 0.25) is 0 Å². The van der Waals surface area contributed by atoms with E-state index in [2.05, 4.69) is 5.16 Å². The van der Waals surface area contributed by atoms with Crippen molar-refractivity contribution in [1.29, 1.82) is 0 Å². The largest absolute Gasteiger partial charge is 0.504 e. The fraction of sp³-hybridized carbons (Fsp3) is 0.133. The molecule has 0 unspecified atom stereocenters. The minimum Gasteiger partial charge on any atom is -0.504 e. The van der Waals surface area contributed by atoms with Gasteiger partial charge in [0.05, 0.1) is 13.3 Å². The molecule has 0 amide bonds. The van der Waals surface area contributed by atoms with Crippen molar-refractivity contribution in [2.75, 3.05) is 7.11 Å². The highest BCUT2D eigenvalue weighted by atomic mass is 16.6. The molecule has 0 bridgehead atoms. The summed E-state index contributed by atoms with van der Waals surface area (Å²) in [6.07, 6.45) is 1.54. The third-order valence-electron chi connectivity index (χ3n) is 2.55. The SMILES string of the molecule is COc1ccc(/C=N/OCc2ccccc2)cc1O. The second-order valence-corrected chi connectivity index (χ2v) is 3.92. The lowest BCUT2D eigenvalue weighted by Crippen LogP contribution is -1.89. The van der Waals surface area contributed by atoms with E-state index in [1.54, 1.807) is 24.4 Å². The van der Waals surface area contributed by atoms with Crippen LogP contribution in [0.25, 0.3) is 0 Å². The number of ether oxygens (including phenoxy) is 1. The number of rotatable bonds is 5. The zero-order valence-electron chi connectivity index (χ0n) is 10.6. The maximum Gasteiger partial charge on any atom is 0.160 e. The first-order chi connectivity index (χ1) is 9.29. The van der Waals surface area contributed by atoms with Gasteiger partial charge in [-0.15, -0.1) is 0 Å². The Morgan fingerprint density at radius 3 is 2.63 bits per heavy atom. The topological polar surface area (TPSA) is 51.0 Å². The molecular formula is C15H15NO3. The minimum atomic E-state index is 0.0782. The van der Waals surface area contributed by atoms with Crippen molar-refractivity contribution in [3.63, 3.8) is 0 Å². The van der Waals surface area contributed by atoms with E-state index >= 15 is 0 Å². The van der Waals surface area contributed by atoms with E-state index in [1.807, 2.05) is 30.3 Å². The smallest absolute Gasteiger partial charge is 0.160 e. The van der Waals surface area contributed by atoms with E-state index in [9.17, 15) is 5.11 Å². The molecular weight excluding hydrogens is 242 g/mol. The number of phenolic OH excluding ortho intramolecular Hbond substituents is 1. The number of nitrogens with zero attached hydrogens (tertiary/aromatic N) is 1. The van der Waals surface area contributed by atoms with Crippen LogP contribution in [0.1, 0.15) is 11.1 Å². The molecule has 2 aromatic rings. The number of methoxy groups -OCH3 is 1. The summed E-state index contributed by atoms with van der Waals surface area (Å²) >= 11 is 0. The van der Waals surface area contributed by atoms with Gasteiger partial charge in [0.25, 0.3) is 0 Å². The van der Waals surface area contributed by atoms with Crippen molar-refractivity contribution in [1.82, 2.24) is 0 Å². The first kappa shape index (κ1) is 13.0. The third kappa shape index (κ3) is 3.74. The summed E-state index contributed by atoms with van der Waals surface area (Å²) in [6.45, 7) is 0.416. The van der Waals surface area contributed by atoms with E-state index in [-0.39, 0.29) is 5.75 Å². The van der Waals surface area contributed by atoms with Gasteiger partial charge in [-0.05, 0) is 29.3 Å². The second kappa shape index (κ2) is 6.44. The third-order valence-corrected chi connectivity index (χ3v) is 2.55. The van der Waals surface area contributed by atoms with Gasteiger partial charge in [-0.3, -0.25) is 0 Å². The van der Waals surface area contributed by atoms with Crippen LogP contribution < -0.4 is 4.74 Å². The lowest BCUT2D eigenvalue weighted by Gasteiger charge is -2.03. The molecule has 0 fully saturated rings. The zero-order valence-corrected chi connectivity index (χ0v) is 10.6. The molecule has 98 valence electrons. The van der Waals surface area contributed by atoms with Crippen LogP contribution in [0.5, 0.6) is 11.5 Å². The van der Waals surface area contributed by atoms with E-state index in [0.29, 0.717) is 12.4 Å². The summed E-state index contributed by atoms with van der Waals surface area (Å²) in [6, 6.07) is 14.8. The molecule has 0 saturated heterocycles. The Labute approximate surface area is 111 Å². The molecule has 0 radical (unpaired) electrons. The Bertz CT molecular complexity index is 553. The van der Waals surface area contributed by atoms with Crippen LogP contribution in [0.3, 0.4) is 0 Å². The predicted octanol–water partition coefficient (Wildman–Crippen LogP) is 2.95. The number of aromatic hydroxyl groups is 1. The molecule has 0 aromatic heterocycles. The highest BCUT2D eigenvalue weighted by Gasteiger charge is 2.00. The molecule has 0 aliphatic carbocycles. The van der Waals surface area contributed by atoms with Gasteiger partial charge in [-0.2, -0.15) is 0 Å². The average Bonchev–Trinajstić information content (AvgIpc) is 2.45. The molecule has 0 aliphatic heterocycles. The van der Waals surface area contributed by atoms with Crippen molar-refractivity contribution in [2.24, 2.45) is 5.16 Å². The molecule has 19 heavy (non-hydrogen) atoms. The van der Waals surface area contributed by atoms with Crippen molar-refractivity contribution in [2.45, 2.75) is 6.61 Å². The lowest BCUT2D eigenvalue weighted by molar-refractivity contribution is 0.132. The van der Waals surface area contributed by atoms with Gasteiger partial charge in [0, 0.05) is 0 Å². The van der Waals surface area contributed by atoms with Crippen molar-refractivity contribution in [3.05, 3.63) is 59.7 Å². The number of oxime groups is 1. The minimum absolute atomic E-state index is 0.0782. The van der Waals surface area contributed by atoms with Crippen molar-refractivity contribution in [3.8, 4) is 11.5 Å². The number of benzene rings is 2. The predicted molar refractivity (Wildman–Crippen MR) is 73.5 cm³/mol. The molecule has 0 heterocycles. The van der Waals surface area contributed by atoms with Gasteiger partial charge in [-0.25, -0.2) is 0 Å². The van der Waals surface area contributed by atoms with Gasteiger partial charge >= 0.3 is 0 Å². The van der Waals surface area contributed by atoms with Gasteiger partial charge < -0.3 is 14.7 Å². The van der Waals surface area contributed by atoms with Crippen LogP contribution in [-0.2, 0) is 11.4 Å². The summed E-state index contributed by atoms with van der Waals surface area (Å²) in [4.78, 5) is 5.18. The van der Waals surface area contributed by atoms with Crippen LogP contribution in [-0.4, -0.2) is 18.4 Å². The number of hydrogen-bond acceptors (Lipinski definition) is 4. The Morgan fingerprint density at radius 2 is 1.95 bits per heavy atom. The van der Waals surface area contributed by atoms with Crippen molar-refractivity contribution >= 4 is 6.21 Å². The quantitative estimate of drug-likeness (QED) is 0.661. The molecule has 2 aromatic carbocycles. The normalized spacial score (nSPS) is 10.6. The fourth-order valence-electron chi connectivity index (χ4n) is 1.57. The lowest BCUT2D eigenvalue weighted by atomic mass is 10.2. The highest BCUT2D eigenvalue weighted by molar-refractivity contribution is 5.80. The van der Waals surface area contributed by atoms with Crippen LogP contribution in [0, 0.1) is 0 Å². The maximum absolute atomic E-state index is 9.60. The highest BCUT2D eigenvalue weighted by Crippen LogP contribution is 2.25. The van der Waals surface area contributed by atoms with Gasteiger partial charge in [0.1, 0.15) is 6.61 Å². The van der Waals surface area contributed by atoms with Gasteiger partial charge in [0.15, 0.2) is 11.5 Å². The standard InChI is InChI=1S/C15H15NO3/c1-18-15-8-7-13(9-14(15)17)10-16-19-11-12-5-3-2-4-6-12/h2-10,17H,11H2,1H3/b16-10+. The van der Waals surface area contributed by atoms with E-state index in [4.69, 9.17) is 9.57 Å². The van der Waals surface area contributed by atoms with Crippen LogP contribution in [0.15, 0.2) is 53.7 Å². The molecule has 1 N–H and O–H groups in total. The molecule has 0 aliphatic rings. The van der Waals surface area contributed by atoms with E-state index in [0.717, 1.165) is 11.1 Å². The summed E-state index contributed by atoms with van der Waals surface area (Å²) in [5.74, 6) is 0.511. The first-order valence-corrected chi connectivity index (χ1v) is 5.86. The fourth-order valence-corrected chi connectivity index (χ4v) is 1.57. The summed E-state index contributed by atoms with van der Waals surface area (Å²) < 4.78 is 4.96. The Morgan fingerprint density at radius 1 is 1.16 bits per heavy atom. The number of phenols is 1. The van der Waals surface area contributed by atoms with E-state index in [1.165, 1.54) is 7.11 Å². The Balaban J connectivity index is 1.90. The summed E-state index contributed by atoms with van der Waals surface area (Å²) in [5, 5.41) is 13.5. The molecule has 4 heteroatoms. The Kier molecular flexibility index (Phi) is 4.39. The number of hydrogen-bond donors (Lipinski definition) is 1. The van der Waals surface area contributed by atoms with Crippen LogP contribution >= 0.6 is 0 Å². The molecule has 4 nitrogen and oxygen atoms in total. The van der Waals surface area contributed by atoms with Gasteiger partial charge in [-0.1, -0.05) is 35.5 Å². The van der Waals surface area contributed by atoms with Crippen LogP contribution in [0.2, 0.25) is 0 Å².